The monoisotopic (exact) mass is 452 g/mol. The number of aromatic amines is 1. The molecule has 0 fully saturated rings. The molecule has 2 heterocycles. The molecule has 0 aliphatic rings. The molecule has 0 unspecified atom stereocenters. The first-order valence-electron chi connectivity index (χ1n) is 9.79. The molecule has 4 rings (SSSR count). The zero-order chi connectivity index (χ0) is 22.0. The first-order chi connectivity index (χ1) is 14.9. The molecule has 8 heteroatoms. The number of amides is 1. The van der Waals surface area contributed by atoms with Crippen LogP contribution in [0.1, 0.15) is 23.2 Å². The van der Waals surface area contributed by atoms with Crippen molar-refractivity contribution in [1.29, 1.82) is 0 Å². The Labute approximate surface area is 188 Å². The van der Waals surface area contributed by atoms with E-state index < -0.39 is 0 Å². The summed E-state index contributed by atoms with van der Waals surface area (Å²) in [5.41, 5.74) is 4.66. The topological polar surface area (TPSA) is 79.8 Å². The van der Waals surface area contributed by atoms with E-state index in [0.29, 0.717) is 22.1 Å². The number of carbonyl (C=O) groups is 1. The summed E-state index contributed by atoms with van der Waals surface area (Å²) in [4.78, 5) is 29.9. The molecule has 0 radical (unpaired) electrons. The number of halogens is 1. The van der Waals surface area contributed by atoms with Crippen molar-refractivity contribution in [3.05, 3.63) is 86.1 Å². The number of nitrogens with one attached hydrogen (secondary N) is 2. The van der Waals surface area contributed by atoms with Crippen LogP contribution in [0.4, 0.5) is 5.69 Å². The number of anilines is 1. The summed E-state index contributed by atoms with van der Waals surface area (Å²) in [6, 6.07) is 15.0. The number of H-pyrrole nitrogens is 1. The minimum Gasteiger partial charge on any atom is -0.326 e. The van der Waals surface area contributed by atoms with E-state index in [1.807, 2.05) is 55.6 Å². The van der Waals surface area contributed by atoms with Crippen LogP contribution in [0, 0.1) is 13.8 Å². The molecule has 0 aliphatic carbocycles. The third-order valence-electron chi connectivity index (χ3n) is 4.92. The Hall–Kier alpha value is -3.16. The van der Waals surface area contributed by atoms with Crippen molar-refractivity contribution in [3.8, 4) is 16.4 Å². The average molecular weight is 453 g/mol. The lowest BCUT2D eigenvalue weighted by molar-refractivity contribution is -0.116. The molecule has 158 valence electrons. The highest BCUT2D eigenvalue weighted by atomic mass is 35.5. The smallest absolute Gasteiger partial charge is 0.276 e. The summed E-state index contributed by atoms with van der Waals surface area (Å²) >= 11 is 7.32. The highest BCUT2D eigenvalue weighted by Gasteiger charge is 2.16. The highest BCUT2D eigenvalue weighted by molar-refractivity contribution is 7.12. The Balaban J connectivity index is 1.48. The molecule has 0 aliphatic heterocycles. The van der Waals surface area contributed by atoms with Crippen LogP contribution in [0.3, 0.4) is 0 Å². The largest absolute Gasteiger partial charge is 0.326 e. The van der Waals surface area contributed by atoms with Gasteiger partial charge in [0.2, 0.25) is 11.0 Å². The molecule has 0 bridgehead atoms. The van der Waals surface area contributed by atoms with Crippen LogP contribution in [0.25, 0.3) is 16.4 Å². The predicted molar refractivity (Wildman–Crippen MR) is 125 cm³/mol. The number of nitrogens with zero attached hydrogens (tertiary/aromatic N) is 2. The van der Waals surface area contributed by atoms with Gasteiger partial charge < -0.3 is 5.32 Å². The molecule has 1 amide bonds. The zero-order valence-corrected chi connectivity index (χ0v) is 18.7. The van der Waals surface area contributed by atoms with E-state index >= 15 is 0 Å². The molecule has 2 N–H and O–H groups in total. The summed E-state index contributed by atoms with van der Waals surface area (Å²) in [5, 5.41) is 9.07. The molecule has 4 aromatic rings. The predicted octanol–water partition coefficient (Wildman–Crippen LogP) is 5.13. The normalized spacial score (nSPS) is 10.9. The SMILES string of the molecule is Cc1cccc(NC(=O)CCc2c(C)[nH]n(-c3nc(-c4ccc(Cl)cc4)cs3)c2=O)c1. The van der Waals surface area contributed by atoms with Crippen LogP contribution < -0.4 is 10.9 Å². The van der Waals surface area contributed by atoms with Crippen molar-refractivity contribution in [2.24, 2.45) is 0 Å². The van der Waals surface area contributed by atoms with Gasteiger partial charge in [0.15, 0.2) is 0 Å². The van der Waals surface area contributed by atoms with E-state index in [9.17, 15) is 9.59 Å². The van der Waals surface area contributed by atoms with E-state index in [1.54, 1.807) is 12.1 Å². The molecular formula is C23H21ClN4O2S. The quantitative estimate of drug-likeness (QED) is 0.425. The van der Waals surface area contributed by atoms with E-state index in [-0.39, 0.29) is 17.9 Å². The number of hydrogen-bond acceptors (Lipinski definition) is 4. The van der Waals surface area contributed by atoms with Crippen LogP contribution in [0.2, 0.25) is 5.02 Å². The van der Waals surface area contributed by atoms with Crippen molar-refractivity contribution in [2.45, 2.75) is 26.7 Å². The first kappa shape index (κ1) is 21.1. The Morgan fingerprint density at radius 1 is 1.19 bits per heavy atom. The zero-order valence-electron chi connectivity index (χ0n) is 17.1. The van der Waals surface area contributed by atoms with Crippen LogP contribution in [0.15, 0.2) is 58.7 Å². The third kappa shape index (κ3) is 4.78. The Morgan fingerprint density at radius 2 is 1.97 bits per heavy atom. The Bertz CT molecular complexity index is 1290. The van der Waals surface area contributed by atoms with Gasteiger partial charge >= 0.3 is 0 Å². The maximum atomic E-state index is 12.9. The fourth-order valence-electron chi connectivity index (χ4n) is 3.32. The van der Waals surface area contributed by atoms with Gasteiger partial charge in [-0.05, 0) is 50.1 Å². The van der Waals surface area contributed by atoms with Crippen molar-refractivity contribution < 1.29 is 4.79 Å². The minimum atomic E-state index is -0.183. The lowest BCUT2D eigenvalue weighted by atomic mass is 10.1. The summed E-state index contributed by atoms with van der Waals surface area (Å²) in [6.07, 6.45) is 0.566. The van der Waals surface area contributed by atoms with E-state index in [4.69, 9.17) is 11.6 Å². The standard InChI is InChI=1S/C23H21ClN4O2S/c1-14-4-3-5-18(12-14)25-21(29)11-10-19-15(2)27-28(22(19)30)23-26-20(13-31-23)16-6-8-17(24)9-7-16/h3-9,12-13,27H,10-11H2,1-2H3,(H,25,29). The number of carbonyl (C=O) groups excluding carboxylic acids is 1. The van der Waals surface area contributed by atoms with Gasteiger partial charge in [-0.15, -0.1) is 11.3 Å². The lowest BCUT2D eigenvalue weighted by Gasteiger charge is -2.05. The Morgan fingerprint density at radius 3 is 2.71 bits per heavy atom. The Kier molecular flexibility index (Phi) is 6.06. The third-order valence-corrected chi connectivity index (χ3v) is 6.00. The van der Waals surface area contributed by atoms with Crippen molar-refractivity contribution in [1.82, 2.24) is 14.8 Å². The van der Waals surface area contributed by atoms with Crippen LogP contribution in [-0.4, -0.2) is 20.7 Å². The fourth-order valence-corrected chi connectivity index (χ4v) is 4.23. The molecule has 6 nitrogen and oxygen atoms in total. The summed E-state index contributed by atoms with van der Waals surface area (Å²) in [7, 11) is 0. The summed E-state index contributed by atoms with van der Waals surface area (Å²) < 4.78 is 1.44. The highest BCUT2D eigenvalue weighted by Crippen LogP contribution is 2.25. The molecular weight excluding hydrogens is 432 g/mol. The van der Waals surface area contributed by atoms with Crippen molar-refractivity contribution in [2.75, 3.05) is 5.32 Å². The number of benzene rings is 2. The van der Waals surface area contributed by atoms with Crippen molar-refractivity contribution >= 4 is 34.5 Å². The maximum absolute atomic E-state index is 12.9. The van der Waals surface area contributed by atoms with Gasteiger partial charge in [0, 0.05) is 39.3 Å². The molecule has 0 saturated carbocycles. The van der Waals surface area contributed by atoms with Gasteiger partial charge in [0.25, 0.3) is 5.56 Å². The summed E-state index contributed by atoms with van der Waals surface area (Å²) in [6.45, 7) is 3.80. The lowest BCUT2D eigenvalue weighted by Crippen LogP contribution is -2.19. The number of thiazole rings is 1. The second-order valence-corrected chi connectivity index (χ2v) is 8.57. The fraction of sp³-hybridized carbons (Fsp3) is 0.174. The van der Waals surface area contributed by atoms with E-state index in [0.717, 1.165) is 28.2 Å². The minimum absolute atomic E-state index is 0.128. The van der Waals surface area contributed by atoms with Gasteiger partial charge in [0.05, 0.1) is 5.69 Å². The van der Waals surface area contributed by atoms with Gasteiger partial charge in [-0.2, -0.15) is 4.68 Å². The summed E-state index contributed by atoms with van der Waals surface area (Å²) in [5.74, 6) is -0.128. The van der Waals surface area contributed by atoms with Crippen LogP contribution >= 0.6 is 22.9 Å². The van der Waals surface area contributed by atoms with Gasteiger partial charge in [-0.3, -0.25) is 14.7 Å². The maximum Gasteiger partial charge on any atom is 0.276 e. The second kappa shape index (κ2) is 8.91. The van der Waals surface area contributed by atoms with Crippen LogP contribution in [0.5, 0.6) is 0 Å². The molecule has 0 atom stereocenters. The van der Waals surface area contributed by atoms with E-state index in [2.05, 4.69) is 15.4 Å². The van der Waals surface area contributed by atoms with Gasteiger partial charge in [-0.25, -0.2) is 4.98 Å². The molecule has 31 heavy (non-hydrogen) atoms. The molecule has 0 saturated heterocycles. The average Bonchev–Trinajstić information content (AvgIpc) is 3.32. The molecule has 2 aromatic heterocycles. The number of aromatic nitrogens is 3. The molecule has 0 spiro atoms. The van der Waals surface area contributed by atoms with E-state index in [1.165, 1.54) is 16.0 Å². The first-order valence-corrected chi connectivity index (χ1v) is 11.1. The number of aryl methyl sites for hydroxylation is 2. The van der Waals surface area contributed by atoms with Crippen LogP contribution in [-0.2, 0) is 11.2 Å². The number of hydrogen-bond donors (Lipinski definition) is 2. The van der Waals surface area contributed by atoms with Gasteiger partial charge in [-0.1, -0.05) is 35.9 Å². The second-order valence-electron chi connectivity index (χ2n) is 7.30. The molecule has 2 aromatic carbocycles. The number of rotatable bonds is 6. The van der Waals surface area contributed by atoms with Gasteiger partial charge in [0.1, 0.15) is 0 Å². The van der Waals surface area contributed by atoms with Crippen molar-refractivity contribution in [3.63, 3.8) is 0 Å².